The van der Waals surface area contributed by atoms with Crippen LogP contribution < -0.4 is 5.32 Å². The van der Waals surface area contributed by atoms with E-state index in [1.807, 2.05) is 0 Å². The first-order chi connectivity index (χ1) is 8.43. The maximum Gasteiger partial charge on any atom is 0.0694 e. The average molecular weight is 270 g/mol. The molecule has 0 saturated carbocycles. The van der Waals surface area contributed by atoms with Crippen LogP contribution in [0.15, 0.2) is 24.3 Å². The minimum Gasteiger partial charge on any atom is -0.383 e. The van der Waals surface area contributed by atoms with Gasteiger partial charge in [0, 0.05) is 20.2 Å². The molecule has 3 heteroatoms. The van der Waals surface area contributed by atoms with Crippen molar-refractivity contribution in [2.24, 2.45) is 0 Å². The lowest BCUT2D eigenvalue weighted by molar-refractivity contribution is 0.197. The van der Waals surface area contributed by atoms with Crippen molar-refractivity contribution >= 4 is 11.6 Å². The fourth-order valence-corrected chi connectivity index (χ4v) is 1.97. The van der Waals surface area contributed by atoms with Crippen LogP contribution in [0.2, 0.25) is 0 Å². The van der Waals surface area contributed by atoms with Crippen LogP contribution in [0.1, 0.15) is 31.9 Å². The molecule has 1 unspecified atom stereocenters. The van der Waals surface area contributed by atoms with Gasteiger partial charge in [-0.1, -0.05) is 45.0 Å². The molecule has 0 aliphatic carbocycles. The molecule has 18 heavy (non-hydrogen) atoms. The van der Waals surface area contributed by atoms with Gasteiger partial charge in [-0.2, -0.15) is 0 Å². The van der Waals surface area contributed by atoms with Gasteiger partial charge in [0.25, 0.3) is 0 Å². The van der Waals surface area contributed by atoms with Gasteiger partial charge in [0.05, 0.1) is 12.0 Å². The van der Waals surface area contributed by atoms with E-state index >= 15 is 0 Å². The third kappa shape index (κ3) is 5.38. The molecule has 0 amide bonds. The second-order valence-electron chi connectivity index (χ2n) is 5.63. The van der Waals surface area contributed by atoms with Crippen molar-refractivity contribution in [1.82, 2.24) is 5.32 Å². The Bertz CT molecular complexity index is 343. The van der Waals surface area contributed by atoms with Gasteiger partial charge >= 0.3 is 0 Å². The third-order valence-corrected chi connectivity index (χ3v) is 3.14. The molecule has 0 radical (unpaired) electrons. The summed E-state index contributed by atoms with van der Waals surface area (Å²) in [7, 11) is 1.67. The first-order valence-corrected chi connectivity index (χ1v) is 6.80. The second-order valence-corrected chi connectivity index (χ2v) is 6.25. The molecule has 1 aromatic carbocycles. The van der Waals surface area contributed by atoms with Crippen LogP contribution in [0.4, 0.5) is 0 Å². The van der Waals surface area contributed by atoms with E-state index in [1.54, 1.807) is 7.11 Å². The number of alkyl halides is 1. The van der Waals surface area contributed by atoms with Gasteiger partial charge in [-0.25, -0.2) is 0 Å². The summed E-state index contributed by atoms with van der Waals surface area (Å²) in [5, 5.41) is 3.36. The lowest BCUT2D eigenvalue weighted by Crippen LogP contribution is -2.25. The van der Waals surface area contributed by atoms with Crippen LogP contribution in [-0.2, 0) is 16.7 Å². The highest BCUT2D eigenvalue weighted by atomic mass is 35.5. The quantitative estimate of drug-likeness (QED) is 0.800. The minimum absolute atomic E-state index is 0.0313. The zero-order chi connectivity index (χ0) is 13.6. The molecular formula is C15H24ClNO. The van der Waals surface area contributed by atoms with Crippen LogP contribution >= 0.6 is 11.6 Å². The Labute approximate surface area is 116 Å². The molecule has 0 fully saturated rings. The summed E-state index contributed by atoms with van der Waals surface area (Å²) in [6.07, 6.45) is 0. The summed E-state index contributed by atoms with van der Waals surface area (Å²) in [4.78, 5) is 0. The fourth-order valence-electron chi connectivity index (χ4n) is 1.74. The fraction of sp³-hybridized carbons (Fsp3) is 0.600. The summed E-state index contributed by atoms with van der Waals surface area (Å²) in [6, 6.07) is 8.75. The molecule has 102 valence electrons. The normalized spacial score (nSPS) is 13.6. The van der Waals surface area contributed by atoms with Gasteiger partial charge in [0.15, 0.2) is 0 Å². The molecule has 0 saturated heterocycles. The van der Waals surface area contributed by atoms with Crippen molar-refractivity contribution in [3.8, 4) is 0 Å². The number of hydrogen-bond acceptors (Lipinski definition) is 2. The van der Waals surface area contributed by atoms with Crippen molar-refractivity contribution in [2.75, 3.05) is 20.3 Å². The topological polar surface area (TPSA) is 21.3 Å². The first-order valence-electron chi connectivity index (χ1n) is 6.36. The van der Waals surface area contributed by atoms with E-state index in [2.05, 4.69) is 50.4 Å². The maximum absolute atomic E-state index is 6.04. The van der Waals surface area contributed by atoms with E-state index in [1.165, 1.54) is 11.1 Å². The van der Waals surface area contributed by atoms with E-state index in [9.17, 15) is 0 Å². The number of ether oxygens (including phenoxy) is 1. The van der Waals surface area contributed by atoms with Gasteiger partial charge in [0.2, 0.25) is 0 Å². The summed E-state index contributed by atoms with van der Waals surface area (Å²) >= 11 is 6.04. The van der Waals surface area contributed by atoms with E-state index in [4.69, 9.17) is 16.3 Å². The number of methoxy groups -OCH3 is 1. The average Bonchev–Trinajstić information content (AvgIpc) is 2.29. The molecule has 0 aliphatic rings. The zero-order valence-corrected chi connectivity index (χ0v) is 12.6. The van der Waals surface area contributed by atoms with E-state index in [-0.39, 0.29) is 10.8 Å². The molecule has 0 heterocycles. The van der Waals surface area contributed by atoms with Crippen LogP contribution in [-0.4, -0.2) is 25.6 Å². The monoisotopic (exact) mass is 269 g/mol. The second kappa shape index (κ2) is 7.13. The summed E-state index contributed by atoms with van der Waals surface area (Å²) in [6.45, 7) is 8.86. The summed E-state index contributed by atoms with van der Waals surface area (Å²) in [5.74, 6) is 0. The minimum atomic E-state index is 0.0313. The Hall–Kier alpha value is -0.570. The van der Waals surface area contributed by atoms with Crippen molar-refractivity contribution in [1.29, 1.82) is 0 Å². The third-order valence-electron chi connectivity index (χ3n) is 2.86. The van der Waals surface area contributed by atoms with E-state index in [0.29, 0.717) is 6.61 Å². The SMILES string of the molecule is COCC(Cl)CNCc1ccc(C(C)(C)C)cc1. The zero-order valence-electron chi connectivity index (χ0n) is 11.8. The van der Waals surface area contributed by atoms with Gasteiger partial charge < -0.3 is 10.1 Å². The van der Waals surface area contributed by atoms with E-state index in [0.717, 1.165) is 13.1 Å². The van der Waals surface area contributed by atoms with E-state index < -0.39 is 0 Å². The van der Waals surface area contributed by atoms with Crippen molar-refractivity contribution < 1.29 is 4.74 Å². The van der Waals surface area contributed by atoms with Crippen LogP contribution in [0.25, 0.3) is 0 Å². The predicted molar refractivity (Wildman–Crippen MR) is 78.4 cm³/mol. The molecule has 0 aromatic heterocycles. The number of nitrogens with one attached hydrogen (secondary N) is 1. The molecule has 1 atom stereocenters. The van der Waals surface area contributed by atoms with Crippen molar-refractivity contribution in [3.05, 3.63) is 35.4 Å². The molecule has 2 nitrogen and oxygen atoms in total. The predicted octanol–water partition coefficient (Wildman–Crippen LogP) is 3.33. The first kappa shape index (κ1) is 15.5. The molecular weight excluding hydrogens is 246 g/mol. The lowest BCUT2D eigenvalue weighted by Gasteiger charge is -2.19. The maximum atomic E-state index is 6.04. The molecule has 0 spiro atoms. The highest BCUT2D eigenvalue weighted by molar-refractivity contribution is 6.20. The summed E-state index contributed by atoms with van der Waals surface area (Å²) < 4.78 is 4.99. The highest BCUT2D eigenvalue weighted by Gasteiger charge is 2.12. The number of hydrogen-bond donors (Lipinski definition) is 1. The number of rotatable bonds is 6. The Kier molecular flexibility index (Phi) is 6.13. The molecule has 1 aromatic rings. The Morgan fingerprint density at radius 2 is 1.83 bits per heavy atom. The molecule has 0 bridgehead atoms. The Balaban J connectivity index is 2.40. The molecule has 1 N–H and O–H groups in total. The molecule has 1 rings (SSSR count). The van der Waals surface area contributed by atoms with Gasteiger partial charge in [-0.15, -0.1) is 11.6 Å². The van der Waals surface area contributed by atoms with Gasteiger partial charge in [-0.05, 0) is 16.5 Å². The smallest absolute Gasteiger partial charge is 0.0694 e. The standard InChI is InChI=1S/C15H24ClNO/c1-15(2,3)13-7-5-12(6-8-13)9-17-10-14(16)11-18-4/h5-8,14,17H,9-11H2,1-4H3. The summed E-state index contributed by atoms with van der Waals surface area (Å²) in [5.41, 5.74) is 2.86. The lowest BCUT2D eigenvalue weighted by atomic mass is 9.87. The van der Waals surface area contributed by atoms with Crippen LogP contribution in [0.5, 0.6) is 0 Å². The van der Waals surface area contributed by atoms with Crippen molar-refractivity contribution in [2.45, 2.75) is 38.1 Å². The highest BCUT2D eigenvalue weighted by Crippen LogP contribution is 2.22. The van der Waals surface area contributed by atoms with Crippen molar-refractivity contribution in [3.63, 3.8) is 0 Å². The Morgan fingerprint density at radius 1 is 1.22 bits per heavy atom. The number of halogens is 1. The van der Waals surface area contributed by atoms with Crippen LogP contribution in [0, 0.1) is 0 Å². The molecule has 0 aliphatic heterocycles. The number of benzene rings is 1. The van der Waals surface area contributed by atoms with Gasteiger partial charge in [0.1, 0.15) is 0 Å². The Morgan fingerprint density at radius 3 is 2.33 bits per heavy atom. The largest absolute Gasteiger partial charge is 0.383 e. The van der Waals surface area contributed by atoms with Gasteiger partial charge in [-0.3, -0.25) is 0 Å². The van der Waals surface area contributed by atoms with Crippen LogP contribution in [0.3, 0.4) is 0 Å².